The monoisotopic (exact) mass is 417 g/mol. The number of pyridine rings is 1. The van der Waals surface area contributed by atoms with Gasteiger partial charge in [-0.3, -0.25) is 13.9 Å². The molecule has 0 unspecified atom stereocenters. The minimum absolute atomic E-state index is 0.0612. The van der Waals surface area contributed by atoms with E-state index in [2.05, 4.69) is 16.1 Å². The minimum Gasteiger partial charge on any atom is -0.395 e. The van der Waals surface area contributed by atoms with E-state index in [9.17, 15) is 4.79 Å². The number of nitrogens with zero attached hydrogens (tertiary/aromatic N) is 5. The first-order valence-corrected chi connectivity index (χ1v) is 10.8. The van der Waals surface area contributed by atoms with E-state index in [1.807, 2.05) is 44.6 Å². The Bertz CT molecular complexity index is 1320. The maximum absolute atomic E-state index is 13.0. The molecule has 3 aromatic heterocycles. The Morgan fingerprint density at radius 1 is 1.13 bits per heavy atom. The summed E-state index contributed by atoms with van der Waals surface area (Å²) in [4.78, 5) is 20.2. The van der Waals surface area contributed by atoms with Crippen molar-refractivity contribution in [2.75, 3.05) is 26.2 Å². The Morgan fingerprint density at radius 2 is 1.94 bits per heavy atom. The molecule has 0 radical (unpaired) electrons. The van der Waals surface area contributed by atoms with E-state index >= 15 is 0 Å². The number of benzene rings is 1. The molecular formula is C24H27N5O2. The van der Waals surface area contributed by atoms with Crippen molar-refractivity contribution in [3.8, 4) is 11.3 Å². The molecule has 7 nitrogen and oxygen atoms in total. The number of hydrogen-bond acceptors (Lipinski definition) is 5. The maximum Gasteiger partial charge on any atom is 0.258 e. The number of β-amino-alcohol motifs (C(OH)–C–C–N with tert-alkyl or cyclic N) is 1. The standard InChI is InChI=1S/C24H27N5O2/c1-16-11-19(17-5-7-28(8-6-17)9-10-30)15-29-23(31)13-22(25-24(16)29)18-3-4-21-20(12-18)14-27(2)26-21/h3-4,11-15,17,30H,5-10H2,1-2H3. The van der Waals surface area contributed by atoms with Crippen LogP contribution in [0.25, 0.3) is 27.8 Å². The second-order valence-corrected chi connectivity index (χ2v) is 8.55. The molecule has 1 fully saturated rings. The zero-order valence-electron chi connectivity index (χ0n) is 18.0. The number of hydrogen-bond donors (Lipinski definition) is 1. The van der Waals surface area contributed by atoms with Crippen molar-refractivity contribution in [3.63, 3.8) is 0 Å². The molecule has 160 valence electrons. The lowest BCUT2D eigenvalue weighted by atomic mass is 9.90. The highest BCUT2D eigenvalue weighted by Crippen LogP contribution is 2.29. The summed E-state index contributed by atoms with van der Waals surface area (Å²) < 4.78 is 3.48. The van der Waals surface area contributed by atoms with Crippen molar-refractivity contribution in [2.24, 2.45) is 7.05 Å². The van der Waals surface area contributed by atoms with Crippen LogP contribution in [0.4, 0.5) is 0 Å². The molecule has 0 spiro atoms. The fourth-order valence-electron chi connectivity index (χ4n) is 4.71. The van der Waals surface area contributed by atoms with Crippen molar-refractivity contribution in [3.05, 3.63) is 64.2 Å². The number of piperidine rings is 1. The number of likely N-dealkylation sites (tertiary alicyclic amines) is 1. The molecule has 4 heterocycles. The first-order valence-electron chi connectivity index (χ1n) is 10.8. The van der Waals surface area contributed by atoms with Gasteiger partial charge in [0.25, 0.3) is 5.56 Å². The van der Waals surface area contributed by atoms with Crippen molar-refractivity contribution >= 4 is 16.6 Å². The molecule has 31 heavy (non-hydrogen) atoms. The van der Waals surface area contributed by atoms with Gasteiger partial charge in [0.2, 0.25) is 0 Å². The molecule has 1 aliphatic heterocycles. The van der Waals surface area contributed by atoms with Crippen LogP contribution in [-0.4, -0.2) is 55.4 Å². The van der Waals surface area contributed by atoms with E-state index in [0.717, 1.165) is 54.5 Å². The zero-order valence-corrected chi connectivity index (χ0v) is 18.0. The van der Waals surface area contributed by atoms with Crippen LogP contribution in [0.3, 0.4) is 0 Å². The third-order valence-electron chi connectivity index (χ3n) is 6.36. The second kappa shape index (κ2) is 7.90. The van der Waals surface area contributed by atoms with Crippen LogP contribution in [0.2, 0.25) is 0 Å². The molecule has 4 aromatic rings. The third-order valence-corrected chi connectivity index (χ3v) is 6.36. The van der Waals surface area contributed by atoms with Crippen molar-refractivity contribution < 1.29 is 5.11 Å². The fraction of sp³-hybridized carbons (Fsp3) is 0.375. The maximum atomic E-state index is 13.0. The average Bonchev–Trinajstić information content (AvgIpc) is 3.14. The lowest BCUT2D eigenvalue weighted by molar-refractivity contribution is 0.164. The predicted octanol–water partition coefficient (Wildman–Crippen LogP) is 2.73. The van der Waals surface area contributed by atoms with E-state index in [1.54, 1.807) is 15.1 Å². The molecule has 0 atom stereocenters. The highest BCUT2D eigenvalue weighted by Gasteiger charge is 2.21. The molecule has 5 rings (SSSR count). The lowest BCUT2D eigenvalue weighted by Crippen LogP contribution is -2.35. The largest absolute Gasteiger partial charge is 0.395 e. The Kier molecular flexibility index (Phi) is 5.08. The van der Waals surface area contributed by atoms with E-state index < -0.39 is 0 Å². The van der Waals surface area contributed by atoms with Gasteiger partial charge in [0.1, 0.15) is 5.65 Å². The summed E-state index contributed by atoms with van der Waals surface area (Å²) in [5.41, 5.74) is 5.38. The molecule has 0 aliphatic carbocycles. The topological polar surface area (TPSA) is 75.7 Å². The van der Waals surface area contributed by atoms with Crippen LogP contribution >= 0.6 is 0 Å². The number of aliphatic hydroxyl groups is 1. The van der Waals surface area contributed by atoms with E-state index in [1.165, 1.54) is 5.56 Å². The van der Waals surface area contributed by atoms with Crippen molar-refractivity contribution in [1.29, 1.82) is 0 Å². The van der Waals surface area contributed by atoms with E-state index in [-0.39, 0.29) is 12.2 Å². The van der Waals surface area contributed by atoms with E-state index in [0.29, 0.717) is 17.3 Å². The molecule has 1 N–H and O–H groups in total. The normalized spacial score (nSPS) is 15.8. The molecule has 7 heteroatoms. The predicted molar refractivity (Wildman–Crippen MR) is 121 cm³/mol. The van der Waals surface area contributed by atoms with Crippen LogP contribution in [0.1, 0.15) is 29.9 Å². The molecule has 1 saturated heterocycles. The fourth-order valence-corrected chi connectivity index (χ4v) is 4.71. The van der Waals surface area contributed by atoms with Gasteiger partial charge in [-0.05, 0) is 62.0 Å². The van der Waals surface area contributed by atoms with Gasteiger partial charge in [-0.2, -0.15) is 5.10 Å². The van der Waals surface area contributed by atoms with Gasteiger partial charge in [0.05, 0.1) is 17.8 Å². The van der Waals surface area contributed by atoms with Crippen LogP contribution in [0.5, 0.6) is 0 Å². The number of aromatic nitrogens is 4. The lowest BCUT2D eigenvalue weighted by Gasteiger charge is -2.31. The van der Waals surface area contributed by atoms with Crippen LogP contribution in [0, 0.1) is 6.92 Å². The van der Waals surface area contributed by atoms with Crippen LogP contribution in [0.15, 0.2) is 47.5 Å². The van der Waals surface area contributed by atoms with Gasteiger partial charge in [0, 0.05) is 43.0 Å². The highest BCUT2D eigenvalue weighted by atomic mass is 16.3. The molecular weight excluding hydrogens is 390 g/mol. The quantitative estimate of drug-likeness (QED) is 0.553. The molecule has 0 bridgehead atoms. The molecule has 0 saturated carbocycles. The Labute approximate surface area is 180 Å². The second-order valence-electron chi connectivity index (χ2n) is 8.55. The SMILES string of the molecule is Cc1cc(C2CCN(CCO)CC2)cn2c(=O)cc(-c3ccc4nn(C)cc4c3)nc12. The smallest absolute Gasteiger partial charge is 0.258 e. The number of fused-ring (bicyclic) bond motifs is 2. The molecule has 1 aliphatic rings. The van der Waals surface area contributed by atoms with Gasteiger partial charge in [-0.25, -0.2) is 4.98 Å². The van der Waals surface area contributed by atoms with Gasteiger partial charge < -0.3 is 10.0 Å². The number of aryl methyl sites for hydroxylation is 2. The Balaban J connectivity index is 1.51. The molecule has 1 aromatic carbocycles. The number of rotatable bonds is 4. The summed E-state index contributed by atoms with van der Waals surface area (Å²) in [7, 11) is 1.90. The van der Waals surface area contributed by atoms with Gasteiger partial charge >= 0.3 is 0 Å². The molecule has 0 amide bonds. The summed E-state index contributed by atoms with van der Waals surface area (Å²) >= 11 is 0. The first-order chi connectivity index (χ1) is 15.0. The Hall–Kier alpha value is -3.03. The van der Waals surface area contributed by atoms with Gasteiger partial charge in [-0.15, -0.1) is 0 Å². The summed E-state index contributed by atoms with van der Waals surface area (Å²) in [5.74, 6) is 0.428. The van der Waals surface area contributed by atoms with Crippen LogP contribution < -0.4 is 5.56 Å². The first kappa shape index (κ1) is 19.9. The summed E-state index contributed by atoms with van der Waals surface area (Å²) in [6.07, 6.45) is 6.01. The average molecular weight is 418 g/mol. The van der Waals surface area contributed by atoms with E-state index in [4.69, 9.17) is 10.1 Å². The third kappa shape index (κ3) is 3.75. The summed E-state index contributed by atoms with van der Waals surface area (Å²) in [6.45, 7) is 4.92. The van der Waals surface area contributed by atoms with Gasteiger partial charge in [0.15, 0.2) is 0 Å². The number of aliphatic hydroxyl groups excluding tert-OH is 1. The minimum atomic E-state index is -0.0612. The van der Waals surface area contributed by atoms with Crippen LogP contribution in [-0.2, 0) is 7.05 Å². The highest BCUT2D eigenvalue weighted by molar-refractivity contribution is 5.83. The van der Waals surface area contributed by atoms with Crippen molar-refractivity contribution in [1.82, 2.24) is 24.1 Å². The van der Waals surface area contributed by atoms with Crippen molar-refractivity contribution in [2.45, 2.75) is 25.7 Å². The summed E-state index contributed by atoms with van der Waals surface area (Å²) in [5, 5.41) is 14.6. The Morgan fingerprint density at radius 3 is 2.71 bits per heavy atom. The zero-order chi connectivity index (χ0) is 21.5. The summed E-state index contributed by atoms with van der Waals surface area (Å²) in [6, 6.07) is 9.77. The van der Waals surface area contributed by atoms with Gasteiger partial charge in [-0.1, -0.05) is 12.1 Å².